The van der Waals surface area contributed by atoms with Crippen LogP contribution in [0.1, 0.15) is 18.2 Å². The highest BCUT2D eigenvalue weighted by atomic mass is 79.9. The van der Waals surface area contributed by atoms with E-state index in [4.69, 9.17) is 5.73 Å². The summed E-state index contributed by atoms with van der Waals surface area (Å²) >= 11 is 3.16. The molecule has 98 valence electrons. The van der Waals surface area contributed by atoms with Crippen LogP contribution in [0.15, 0.2) is 4.60 Å². The smallest absolute Gasteiger partial charge is 0.372 e. The van der Waals surface area contributed by atoms with Crippen molar-refractivity contribution in [1.82, 2.24) is 15.0 Å². The van der Waals surface area contributed by atoms with Crippen LogP contribution in [0.4, 0.5) is 13.2 Å². The lowest BCUT2D eigenvalue weighted by molar-refractivity contribution is -0.174. The first-order valence-corrected chi connectivity index (χ1v) is 5.55. The van der Waals surface area contributed by atoms with E-state index in [0.717, 1.165) is 0 Å². The van der Waals surface area contributed by atoms with Crippen molar-refractivity contribution in [3.63, 3.8) is 0 Å². The van der Waals surface area contributed by atoms with Gasteiger partial charge in [0.1, 0.15) is 6.61 Å². The monoisotopic (exact) mass is 316 g/mol. The zero-order valence-electron chi connectivity index (χ0n) is 9.04. The fourth-order valence-corrected chi connectivity index (χ4v) is 1.89. The highest BCUT2D eigenvalue weighted by Crippen LogP contribution is 2.21. The van der Waals surface area contributed by atoms with Crippen LogP contribution < -0.4 is 5.73 Å². The summed E-state index contributed by atoms with van der Waals surface area (Å²) in [5, 5.41) is 7.46. The van der Waals surface area contributed by atoms with Gasteiger partial charge in [-0.3, -0.25) is 0 Å². The Bertz CT molecular complexity index is 349. The molecule has 0 amide bonds. The van der Waals surface area contributed by atoms with Crippen LogP contribution >= 0.6 is 15.9 Å². The number of alkyl halides is 3. The van der Waals surface area contributed by atoms with Crippen molar-refractivity contribution in [2.45, 2.75) is 18.6 Å². The molecule has 0 aliphatic rings. The maximum absolute atomic E-state index is 11.8. The minimum Gasteiger partial charge on any atom is -0.372 e. The quantitative estimate of drug-likeness (QED) is 0.837. The molecule has 5 nitrogen and oxygen atoms in total. The standard InChI is InChI=1S/C8H12BrF3N4O/c1-16-6(7(9)14-15-16)5(13)2-3-17-4-8(10,11)12/h5H,2-4,13H2,1H3. The first kappa shape index (κ1) is 14.4. The van der Waals surface area contributed by atoms with Crippen LogP contribution in [0.2, 0.25) is 0 Å². The van der Waals surface area contributed by atoms with Crippen molar-refractivity contribution >= 4 is 15.9 Å². The van der Waals surface area contributed by atoms with Gasteiger partial charge in [-0.15, -0.1) is 5.10 Å². The van der Waals surface area contributed by atoms with Crippen molar-refractivity contribution in [1.29, 1.82) is 0 Å². The van der Waals surface area contributed by atoms with Gasteiger partial charge >= 0.3 is 6.18 Å². The molecule has 0 spiro atoms. The Labute approximate surface area is 104 Å². The van der Waals surface area contributed by atoms with E-state index in [1.165, 1.54) is 4.68 Å². The molecule has 1 atom stereocenters. The summed E-state index contributed by atoms with van der Waals surface area (Å²) < 4.78 is 41.8. The van der Waals surface area contributed by atoms with Gasteiger partial charge in [-0.1, -0.05) is 5.21 Å². The molecule has 9 heteroatoms. The Hall–Kier alpha value is -0.670. The van der Waals surface area contributed by atoms with Crippen LogP contribution in [0.3, 0.4) is 0 Å². The van der Waals surface area contributed by atoms with E-state index < -0.39 is 18.8 Å². The zero-order valence-corrected chi connectivity index (χ0v) is 10.6. The second kappa shape index (κ2) is 5.78. The molecule has 1 rings (SSSR count). The van der Waals surface area contributed by atoms with Gasteiger partial charge in [0.2, 0.25) is 0 Å². The number of nitrogens with zero attached hydrogens (tertiary/aromatic N) is 3. The molecule has 1 unspecified atom stereocenters. The molecule has 1 heterocycles. The molecule has 1 aromatic heterocycles. The lowest BCUT2D eigenvalue weighted by Crippen LogP contribution is -2.21. The van der Waals surface area contributed by atoms with E-state index in [-0.39, 0.29) is 13.0 Å². The molecule has 2 N–H and O–H groups in total. The normalized spacial score (nSPS) is 14.0. The van der Waals surface area contributed by atoms with Gasteiger partial charge in [-0.05, 0) is 22.4 Å². The fraction of sp³-hybridized carbons (Fsp3) is 0.750. The maximum atomic E-state index is 11.8. The molecular formula is C8H12BrF3N4O. The number of hydrogen-bond acceptors (Lipinski definition) is 4. The van der Waals surface area contributed by atoms with Crippen LogP contribution in [0, 0.1) is 0 Å². The Morgan fingerprint density at radius 1 is 1.53 bits per heavy atom. The minimum absolute atomic E-state index is 0.0711. The molecule has 0 radical (unpaired) electrons. The number of aryl methyl sites for hydroxylation is 1. The summed E-state index contributed by atoms with van der Waals surface area (Å²) in [6.07, 6.45) is -4.05. The number of ether oxygens (including phenoxy) is 1. The van der Waals surface area contributed by atoms with E-state index in [1.807, 2.05) is 0 Å². The summed E-state index contributed by atoms with van der Waals surface area (Å²) in [7, 11) is 1.66. The average Bonchev–Trinajstić information content (AvgIpc) is 2.52. The Morgan fingerprint density at radius 3 is 2.65 bits per heavy atom. The highest BCUT2D eigenvalue weighted by Gasteiger charge is 2.27. The van der Waals surface area contributed by atoms with Gasteiger partial charge in [0.05, 0.1) is 11.7 Å². The van der Waals surface area contributed by atoms with Crippen molar-refractivity contribution < 1.29 is 17.9 Å². The van der Waals surface area contributed by atoms with Gasteiger partial charge in [0.15, 0.2) is 4.60 Å². The summed E-state index contributed by atoms with van der Waals surface area (Å²) in [6, 6.07) is -0.474. The number of halogens is 4. The third-order valence-corrected chi connectivity index (χ3v) is 2.58. The van der Waals surface area contributed by atoms with Gasteiger partial charge in [0.25, 0.3) is 0 Å². The lowest BCUT2D eigenvalue weighted by Gasteiger charge is -2.13. The SMILES string of the molecule is Cn1nnc(Br)c1C(N)CCOCC(F)(F)F. The van der Waals surface area contributed by atoms with Crippen LogP contribution in [0.5, 0.6) is 0 Å². The summed E-state index contributed by atoms with van der Waals surface area (Å²) in [5.74, 6) is 0. The molecule has 0 aliphatic heterocycles. The first-order valence-electron chi connectivity index (χ1n) is 4.76. The minimum atomic E-state index is -4.31. The Balaban J connectivity index is 2.38. The topological polar surface area (TPSA) is 66.0 Å². The molecule has 17 heavy (non-hydrogen) atoms. The summed E-state index contributed by atoms with van der Waals surface area (Å²) in [5.41, 5.74) is 6.42. The lowest BCUT2D eigenvalue weighted by atomic mass is 10.2. The maximum Gasteiger partial charge on any atom is 0.411 e. The van der Waals surface area contributed by atoms with E-state index in [2.05, 4.69) is 31.0 Å². The van der Waals surface area contributed by atoms with Gasteiger partial charge < -0.3 is 10.5 Å². The molecule has 0 bridgehead atoms. The second-order valence-corrected chi connectivity index (χ2v) is 4.20. The third-order valence-electron chi connectivity index (χ3n) is 2.02. The van der Waals surface area contributed by atoms with E-state index in [0.29, 0.717) is 10.3 Å². The number of rotatable bonds is 5. The van der Waals surface area contributed by atoms with Crippen molar-refractivity contribution in [3.05, 3.63) is 10.3 Å². The average molecular weight is 317 g/mol. The van der Waals surface area contributed by atoms with Gasteiger partial charge in [0, 0.05) is 13.7 Å². The molecule has 0 aromatic carbocycles. The number of aromatic nitrogens is 3. The van der Waals surface area contributed by atoms with Crippen molar-refractivity contribution in [3.8, 4) is 0 Å². The largest absolute Gasteiger partial charge is 0.411 e. The fourth-order valence-electron chi connectivity index (χ4n) is 1.27. The van der Waals surface area contributed by atoms with Crippen molar-refractivity contribution in [2.24, 2.45) is 12.8 Å². The van der Waals surface area contributed by atoms with Gasteiger partial charge in [-0.2, -0.15) is 13.2 Å². The zero-order chi connectivity index (χ0) is 13.1. The van der Waals surface area contributed by atoms with E-state index in [1.54, 1.807) is 7.05 Å². The molecule has 0 saturated carbocycles. The van der Waals surface area contributed by atoms with E-state index >= 15 is 0 Å². The summed E-state index contributed by atoms with van der Waals surface area (Å²) in [6.45, 7) is -1.33. The predicted molar refractivity (Wildman–Crippen MR) is 57.1 cm³/mol. The summed E-state index contributed by atoms with van der Waals surface area (Å²) in [4.78, 5) is 0. The molecule has 0 saturated heterocycles. The highest BCUT2D eigenvalue weighted by molar-refractivity contribution is 9.10. The Morgan fingerprint density at radius 2 is 2.18 bits per heavy atom. The Kier molecular flexibility index (Phi) is 4.90. The number of hydrogen-bond donors (Lipinski definition) is 1. The molecule has 1 aromatic rings. The van der Waals surface area contributed by atoms with Crippen LogP contribution in [0.25, 0.3) is 0 Å². The van der Waals surface area contributed by atoms with Crippen LogP contribution in [-0.2, 0) is 11.8 Å². The third kappa shape index (κ3) is 4.60. The predicted octanol–water partition coefficient (Wildman–Crippen LogP) is 1.55. The number of nitrogens with two attached hydrogens (primary N) is 1. The van der Waals surface area contributed by atoms with Gasteiger partial charge in [-0.25, -0.2) is 4.68 Å². The molecule has 0 fully saturated rings. The molecule has 0 aliphatic carbocycles. The van der Waals surface area contributed by atoms with E-state index in [9.17, 15) is 13.2 Å². The van der Waals surface area contributed by atoms with Crippen molar-refractivity contribution in [2.75, 3.05) is 13.2 Å². The second-order valence-electron chi connectivity index (χ2n) is 3.45. The van der Waals surface area contributed by atoms with Crippen LogP contribution in [-0.4, -0.2) is 34.4 Å². The first-order chi connectivity index (χ1) is 7.81. The molecular weight excluding hydrogens is 305 g/mol.